The number of methoxy groups -OCH3 is 2. The number of hydrogen-bond donors (Lipinski definition) is 0. The van der Waals surface area contributed by atoms with Crippen LogP contribution in [-0.2, 0) is 23.1 Å². The molecule has 5 nitrogen and oxygen atoms in total. The average Bonchev–Trinajstić information content (AvgIpc) is 2.83. The van der Waals surface area contributed by atoms with Crippen LogP contribution in [0.25, 0.3) is 0 Å². The van der Waals surface area contributed by atoms with E-state index in [2.05, 4.69) is 115 Å². The van der Waals surface area contributed by atoms with Crippen LogP contribution >= 0.6 is 0 Å². The van der Waals surface area contributed by atoms with Crippen molar-refractivity contribution >= 4 is 22.6 Å². The topological polar surface area (TPSA) is 54.0 Å². The second kappa shape index (κ2) is 14.7. The maximum atomic E-state index is 11.4. The molecule has 1 aromatic rings. The van der Waals surface area contributed by atoms with E-state index in [1.54, 1.807) is 13.2 Å². The quantitative estimate of drug-likeness (QED) is 0.102. The molecule has 1 aromatic carbocycles. The third kappa shape index (κ3) is 11.0. The summed E-state index contributed by atoms with van der Waals surface area (Å²) in [7, 11) is -1.21. The molecule has 0 aromatic heterocycles. The molecule has 0 amide bonds. The van der Waals surface area contributed by atoms with Crippen molar-refractivity contribution in [3.63, 3.8) is 0 Å². The molecule has 0 spiro atoms. The Morgan fingerprint density at radius 1 is 0.897 bits per heavy atom. The Bertz CT molecular complexity index is 982. The Kier molecular flexibility index (Phi) is 13.3. The lowest BCUT2D eigenvalue weighted by atomic mass is 10.0. The first kappa shape index (κ1) is 35.3. The van der Waals surface area contributed by atoms with Gasteiger partial charge in [0.25, 0.3) is 0 Å². The molecule has 0 radical (unpaired) electrons. The van der Waals surface area contributed by atoms with Crippen LogP contribution in [0.2, 0.25) is 36.3 Å². The van der Waals surface area contributed by atoms with Crippen molar-refractivity contribution in [3.05, 3.63) is 71.8 Å². The molecule has 39 heavy (non-hydrogen) atoms. The van der Waals surface area contributed by atoms with E-state index in [0.717, 1.165) is 11.1 Å². The summed E-state index contributed by atoms with van der Waals surface area (Å²) in [6.45, 7) is 24.8. The van der Waals surface area contributed by atoms with Gasteiger partial charge in [0.2, 0.25) is 0 Å². The van der Waals surface area contributed by atoms with E-state index in [-0.39, 0.29) is 34.4 Å². The van der Waals surface area contributed by atoms with Crippen molar-refractivity contribution in [2.24, 2.45) is 0 Å². The predicted molar refractivity (Wildman–Crippen MR) is 169 cm³/mol. The fourth-order valence-electron chi connectivity index (χ4n) is 3.43. The van der Waals surface area contributed by atoms with Gasteiger partial charge < -0.3 is 18.3 Å². The molecular weight excluding hydrogens is 521 g/mol. The molecule has 0 N–H and O–H groups in total. The summed E-state index contributed by atoms with van der Waals surface area (Å²) in [5.41, 5.74) is 2.18. The lowest BCUT2D eigenvalue weighted by Crippen LogP contribution is -2.48. The zero-order valence-electron chi connectivity index (χ0n) is 26.8. The molecule has 0 aliphatic rings. The van der Waals surface area contributed by atoms with Crippen LogP contribution in [0.5, 0.6) is 0 Å². The molecule has 1 rings (SSSR count). The number of rotatable bonds is 13. The summed E-state index contributed by atoms with van der Waals surface area (Å²) in [5, 5.41) is 0.112. The Hall–Kier alpha value is -1.78. The van der Waals surface area contributed by atoms with Gasteiger partial charge in [0.1, 0.15) is 0 Å². The van der Waals surface area contributed by atoms with Crippen LogP contribution in [0.15, 0.2) is 66.3 Å². The summed E-state index contributed by atoms with van der Waals surface area (Å²) >= 11 is 0. The van der Waals surface area contributed by atoms with E-state index < -0.39 is 16.6 Å². The first-order chi connectivity index (χ1) is 17.9. The minimum atomic E-state index is -2.14. The second-order valence-electron chi connectivity index (χ2n) is 13.2. The number of esters is 1. The Morgan fingerprint density at radius 3 is 1.92 bits per heavy atom. The highest BCUT2D eigenvalue weighted by Gasteiger charge is 2.44. The Morgan fingerprint density at radius 2 is 1.44 bits per heavy atom. The minimum absolute atomic E-state index is 0.0518. The molecule has 0 bridgehead atoms. The number of carbonyl (C=O) groups is 1. The monoisotopic (exact) mass is 574 g/mol. The first-order valence-electron chi connectivity index (χ1n) is 13.9. The number of hydrogen-bond acceptors (Lipinski definition) is 5. The average molecular weight is 575 g/mol. The summed E-state index contributed by atoms with van der Waals surface area (Å²) in [4.78, 5) is 11.4. The minimum Gasteiger partial charge on any atom is -0.466 e. The molecule has 0 aliphatic carbocycles. The van der Waals surface area contributed by atoms with Gasteiger partial charge in [-0.1, -0.05) is 96.2 Å². The van der Waals surface area contributed by atoms with Crippen molar-refractivity contribution in [2.75, 3.05) is 14.2 Å². The van der Waals surface area contributed by atoms with Gasteiger partial charge in [-0.15, -0.1) is 0 Å². The fraction of sp³-hybridized carbons (Fsp3) is 0.594. The summed E-state index contributed by atoms with van der Waals surface area (Å²) in [5.74, 6) is -0.370. The van der Waals surface area contributed by atoms with Gasteiger partial charge in [-0.2, -0.15) is 0 Å². The van der Waals surface area contributed by atoms with Crippen LogP contribution in [0.1, 0.15) is 66.6 Å². The van der Waals surface area contributed by atoms with Crippen LogP contribution in [0.4, 0.5) is 0 Å². The lowest BCUT2D eigenvalue weighted by Gasteiger charge is -2.44. The van der Waals surface area contributed by atoms with Gasteiger partial charge >= 0.3 is 5.97 Å². The maximum Gasteiger partial charge on any atom is 0.330 e. The zero-order valence-corrected chi connectivity index (χ0v) is 28.8. The Balaban J connectivity index is 3.49. The SMILES string of the molecule is COC(=O)/C=C/CC(OC)/C(C)=C/C=C/C(O[Si](C)(C)C(C)(C)C)C(O[Si](C)(C)C(C)(C)C)c1ccccc1. The third-order valence-corrected chi connectivity index (χ3v) is 17.1. The highest BCUT2D eigenvalue weighted by molar-refractivity contribution is 6.74. The van der Waals surface area contributed by atoms with E-state index >= 15 is 0 Å². The van der Waals surface area contributed by atoms with Crippen LogP contribution < -0.4 is 0 Å². The molecule has 0 saturated carbocycles. The number of allylic oxidation sites excluding steroid dienone is 2. The molecule has 7 heteroatoms. The summed E-state index contributed by atoms with van der Waals surface area (Å²) < 4.78 is 24.5. The molecule has 0 fully saturated rings. The Labute approximate surface area is 240 Å². The molecule has 0 saturated heterocycles. The number of ether oxygens (including phenoxy) is 2. The van der Waals surface area contributed by atoms with Crippen LogP contribution in [0.3, 0.4) is 0 Å². The largest absolute Gasteiger partial charge is 0.466 e. The highest BCUT2D eigenvalue weighted by atomic mass is 28.4. The summed E-state index contributed by atoms with van der Waals surface area (Å²) in [6.07, 6.45) is 9.43. The van der Waals surface area contributed by atoms with Gasteiger partial charge in [0.05, 0.1) is 25.4 Å². The van der Waals surface area contributed by atoms with Gasteiger partial charge in [0.15, 0.2) is 16.6 Å². The zero-order chi connectivity index (χ0) is 30.1. The lowest BCUT2D eigenvalue weighted by molar-refractivity contribution is -0.134. The van der Waals surface area contributed by atoms with Crippen molar-refractivity contribution < 1.29 is 23.1 Å². The van der Waals surface area contributed by atoms with Crippen molar-refractivity contribution in [2.45, 2.75) is 109 Å². The molecule has 0 aliphatic heterocycles. The van der Waals surface area contributed by atoms with E-state index in [1.807, 2.05) is 13.0 Å². The van der Waals surface area contributed by atoms with Crippen molar-refractivity contribution in [3.8, 4) is 0 Å². The molecule has 220 valence electrons. The standard InChI is InChI=1S/C32H54O5Si2/c1-25(27(34-8)22-18-24-29(33)35-9)19-17-23-28(36-38(10,11)31(2,3)4)30(26-20-15-14-16-21-26)37-39(12,13)32(5,6)7/h14-21,23-24,27-28,30H,22H2,1-13H3/b23-17+,24-18+,25-19+. The second-order valence-corrected chi connectivity index (χ2v) is 22.7. The number of carbonyl (C=O) groups excluding carboxylic acids is 1. The van der Waals surface area contributed by atoms with E-state index in [0.29, 0.717) is 6.42 Å². The van der Waals surface area contributed by atoms with E-state index in [1.165, 1.54) is 13.2 Å². The molecule has 3 atom stereocenters. The van der Waals surface area contributed by atoms with Gasteiger partial charge in [-0.3, -0.25) is 0 Å². The van der Waals surface area contributed by atoms with Gasteiger partial charge in [0, 0.05) is 13.2 Å². The van der Waals surface area contributed by atoms with E-state index in [4.69, 9.17) is 13.6 Å². The van der Waals surface area contributed by atoms with Crippen LogP contribution in [-0.4, -0.2) is 49.0 Å². The molecule has 0 heterocycles. The smallest absolute Gasteiger partial charge is 0.330 e. The van der Waals surface area contributed by atoms with Crippen molar-refractivity contribution in [1.82, 2.24) is 0 Å². The normalized spacial score (nSPS) is 16.5. The van der Waals surface area contributed by atoms with Gasteiger partial charge in [-0.05, 0) is 60.7 Å². The third-order valence-electron chi connectivity index (χ3n) is 8.15. The molecular formula is C32H54O5Si2. The van der Waals surface area contributed by atoms with E-state index in [9.17, 15) is 4.79 Å². The number of benzene rings is 1. The van der Waals surface area contributed by atoms with Crippen molar-refractivity contribution in [1.29, 1.82) is 0 Å². The first-order valence-corrected chi connectivity index (χ1v) is 19.7. The highest BCUT2D eigenvalue weighted by Crippen LogP contribution is 2.43. The molecule has 3 unspecified atom stereocenters. The van der Waals surface area contributed by atoms with Gasteiger partial charge in [-0.25, -0.2) is 4.79 Å². The summed E-state index contributed by atoms with van der Waals surface area (Å²) in [6, 6.07) is 10.5. The fourth-order valence-corrected chi connectivity index (χ4v) is 5.92. The van der Waals surface area contributed by atoms with Crippen LogP contribution in [0, 0.1) is 0 Å². The maximum absolute atomic E-state index is 11.4. The predicted octanol–water partition coefficient (Wildman–Crippen LogP) is 8.78.